The number of hydrogen-bond donors (Lipinski definition) is 1. The van der Waals surface area contributed by atoms with E-state index in [4.69, 9.17) is 0 Å². The molecule has 3 nitrogen and oxygen atoms in total. The number of allylic oxidation sites excluding steroid dienone is 1. The molecule has 3 heteroatoms. The molecule has 0 aromatic heterocycles. The fraction of sp³-hybridized carbons (Fsp3) is 0.312. The molecule has 1 heterocycles. The van der Waals surface area contributed by atoms with Gasteiger partial charge in [0, 0.05) is 24.7 Å². The summed E-state index contributed by atoms with van der Waals surface area (Å²) >= 11 is 0. The third kappa shape index (κ3) is 3.05. The SMILES string of the molecule is C=CNC1CCN(C(=O)c2ccc(C(=C)C)cc2)C1. The van der Waals surface area contributed by atoms with E-state index in [0.717, 1.165) is 36.2 Å². The van der Waals surface area contributed by atoms with Crippen molar-refractivity contribution in [3.63, 3.8) is 0 Å². The van der Waals surface area contributed by atoms with Crippen molar-refractivity contribution in [1.29, 1.82) is 0 Å². The minimum atomic E-state index is 0.0987. The molecule has 1 saturated heterocycles. The van der Waals surface area contributed by atoms with Crippen LogP contribution < -0.4 is 5.32 Å². The Balaban J connectivity index is 2.04. The summed E-state index contributed by atoms with van der Waals surface area (Å²) in [6, 6.07) is 7.98. The van der Waals surface area contributed by atoms with Gasteiger partial charge in [-0.2, -0.15) is 0 Å². The smallest absolute Gasteiger partial charge is 0.253 e. The molecule has 0 spiro atoms. The summed E-state index contributed by atoms with van der Waals surface area (Å²) in [5.74, 6) is 0.0987. The van der Waals surface area contributed by atoms with Crippen LogP contribution in [0.5, 0.6) is 0 Å². The van der Waals surface area contributed by atoms with Crippen molar-refractivity contribution in [2.45, 2.75) is 19.4 Å². The number of nitrogens with zero attached hydrogens (tertiary/aromatic N) is 1. The van der Waals surface area contributed by atoms with Gasteiger partial charge in [-0.25, -0.2) is 0 Å². The zero-order valence-electron chi connectivity index (χ0n) is 11.4. The largest absolute Gasteiger partial charge is 0.387 e. The third-order valence-corrected chi connectivity index (χ3v) is 3.45. The number of hydrogen-bond acceptors (Lipinski definition) is 2. The molecule has 0 radical (unpaired) electrons. The highest BCUT2D eigenvalue weighted by molar-refractivity contribution is 5.94. The number of amides is 1. The normalized spacial score (nSPS) is 18.2. The molecular weight excluding hydrogens is 236 g/mol. The van der Waals surface area contributed by atoms with Crippen molar-refractivity contribution in [3.05, 3.63) is 54.8 Å². The van der Waals surface area contributed by atoms with E-state index < -0.39 is 0 Å². The second-order valence-corrected chi connectivity index (χ2v) is 4.97. The van der Waals surface area contributed by atoms with E-state index in [9.17, 15) is 4.79 Å². The summed E-state index contributed by atoms with van der Waals surface area (Å²) in [5.41, 5.74) is 2.82. The predicted octanol–water partition coefficient (Wildman–Crippen LogP) is 2.67. The fourth-order valence-corrected chi connectivity index (χ4v) is 2.33. The van der Waals surface area contributed by atoms with Gasteiger partial charge in [-0.3, -0.25) is 4.79 Å². The van der Waals surface area contributed by atoms with Crippen LogP contribution in [-0.4, -0.2) is 29.9 Å². The molecule has 0 aliphatic carbocycles. The van der Waals surface area contributed by atoms with Gasteiger partial charge in [-0.15, -0.1) is 0 Å². The zero-order valence-corrected chi connectivity index (χ0v) is 11.4. The molecule has 1 amide bonds. The summed E-state index contributed by atoms with van der Waals surface area (Å²) < 4.78 is 0. The third-order valence-electron chi connectivity index (χ3n) is 3.45. The van der Waals surface area contributed by atoms with Crippen LogP contribution in [0.1, 0.15) is 29.3 Å². The number of benzene rings is 1. The molecule has 1 atom stereocenters. The maximum absolute atomic E-state index is 12.3. The van der Waals surface area contributed by atoms with Crippen molar-refractivity contribution < 1.29 is 4.79 Å². The quantitative estimate of drug-likeness (QED) is 0.898. The highest BCUT2D eigenvalue weighted by Crippen LogP contribution is 2.16. The molecule has 1 aliphatic rings. The molecule has 2 rings (SSSR count). The van der Waals surface area contributed by atoms with Gasteiger partial charge in [-0.1, -0.05) is 30.9 Å². The van der Waals surface area contributed by atoms with Gasteiger partial charge in [0.1, 0.15) is 0 Å². The zero-order chi connectivity index (χ0) is 13.8. The Hall–Kier alpha value is -2.03. The van der Waals surface area contributed by atoms with Crippen LogP contribution in [0.3, 0.4) is 0 Å². The lowest BCUT2D eigenvalue weighted by Crippen LogP contribution is -2.33. The first-order valence-electron chi connectivity index (χ1n) is 6.54. The van der Waals surface area contributed by atoms with E-state index in [1.54, 1.807) is 6.20 Å². The van der Waals surface area contributed by atoms with E-state index in [1.807, 2.05) is 36.1 Å². The first kappa shape index (κ1) is 13.4. The van der Waals surface area contributed by atoms with Crippen molar-refractivity contribution in [2.75, 3.05) is 13.1 Å². The van der Waals surface area contributed by atoms with E-state index >= 15 is 0 Å². The summed E-state index contributed by atoms with van der Waals surface area (Å²) in [6.45, 7) is 11.1. The average molecular weight is 256 g/mol. The molecule has 0 saturated carbocycles. The summed E-state index contributed by atoms with van der Waals surface area (Å²) in [7, 11) is 0. The molecule has 100 valence electrons. The first-order chi connectivity index (χ1) is 9.11. The van der Waals surface area contributed by atoms with Gasteiger partial charge in [0.2, 0.25) is 0 Å². The minimum absolute atomic E-state index is 0.0987. The van der Waals surface area contributed by atoms with E-state index in [1.165, 1.54) is 0 Å². The van der Waals surface area contributed by atoms with Gasteiger partial charge in [0.05, 0.1) is 0 Å². The highest BCUT2D eigenvalue weighted by Gasteiger charge is 2.25. The standard InChI is InChI=1S/C16H20N2O/c1-4-17-15-9-10-18(11-15)16(19)14-7-5-13(6-8-14)12(2)3/h4-8,15,17H,1-2,9-11H2,3H3. The van der Waals surface area contributed by atoms with Crippen molar-refractivity contribution in [2.24, 2.45) is 0 Å². The van der Waals surface area contributed by atoms with Crippen LogP contribution in [0.2, 0.25) is 0 Å². The molecule has 1 unspecified atom stereocenters. The van der Waals surface area contributed by atoms with E-state index in [0.29, 0.717) is 6.04 Å². The number of carbonyl (C=O) groups is 1. The Labute approximate surface area is 114 Å². The lowest BCUT2D eigenvalue weighted by molar-refractivity contribution is 0.0790. The Morgan fingerprint density at radius 3 is 2.58 bits per heavy atom. The molecule has 1 fully saturated rings. The molecule has 0 bridgehead atoms. The van der Waals surface area contributed by atoms with Gasteiger partial charge in [0.25, 0.3) is 5.91 Å². The van der Waals surface area contributed by atoms with Gasteiger partial charge >= 0.3 is 0 Å². The minimum Gasteiger partial charge on any atom is -0.387 e. The lowest BCUT2D eigenvalue weighted by atomic mass is 10.1. The molecule has 1 aromatic rings. The van der Waals surface area contributed by atoms with Crippen molar-refractivity contribution >= 4 is 11.5 Å². The monoisotopic (exact) mass is 256 g/mol. The van der Waals surface area contributed by atoms with Crippen LogP contribution in [0, 0.1) is 0 Å². The number of likely N-dealkylation sites (tertiary alicyclic amines) is 1. The summed E-state index contributed by atoms with van der Waals surface area (Å²) in [4.78, 5) is 14.2. The van der Waals surface area contributed by atoms with Crippen LogP contribution in [0.4, 0.5) is 0 Å². The maximum atomic E-state index is 12.3. The topological polar surface area (TPSA) is 32.3 Å². The molecular formula is C16H20N2O. The number of rotatable bonds is 4. The van der Waals surface area contributed by atoms with Gasteiger partial charge in [-0.05, 0) is 37.2 Å². The van der Waals surface area contributed by atoms with Crippen LogP contribution >= 0.6 is 0 Å². The fourth-order valence-electron chi connectivity index (χ4n) is 2.33. The molecule has 19 heavy (non-hydrogen) atoms. The first-order valence-corrected chi connectivity index (χ1v) is 6.54. The lowest BCUT2D eigenvalue weighted by Gasteiger charge is -2.17. The second kappa shape index (κ2) is 5.74. The predicted molar refractivity (Wildman–Crippen MR) is 78.8 cm³/mol. The Morgan fingerprint density at radius 2 is 2.00 bits per heavy atom. The average Bonchev–Trinajstić information content (AvgIpc) is 2.87. The molecule has 1 N–H and O–H groups in total. The second-order valence-electron chi connectivity index (χ2n) is 4.97. The number of carbonyl (C=O) groups excluding carboxylic acids is 1. The van der Waals surface area contributed by atoms with E-state index in [2.05, 4.69) is 18.5 Å². The molecule has 1 aliphatic heterocycles. The van der Waals surface area contributed by atoms with Crippen LogP contribution in [0.15, 0.2) is 43.6 Å². The van der Waals surface area contributed by atoms with Crippen LogP contribution in [0.25, 0.3) is 5.57 Å². The Kier molecular flexibility index (Phi) is 4.05. The van der Waals surface area contributed by atoms with Gasteiger partial charge < -0.3 is 10.2 Å². The van der Waals surface area contributed by atoms with E-state index in [-0.39, 0.29) is 5.91 Å². The molecule has 1 aromatic carbocycles. The van der Waals surface area contributed by atoms with Gasteiger partial charge in [0.15, 0.2) is 0 Å². The Bertz CT molecular complexity index is 490. The highest BCUT2D eigenvalue weighted by atomic mass is 16.2. The summed E-state index contributed by atoms with van der Waals surface area (Å²) in [6.07, 6.45) is 2.67. The van der Waals surface area contributed by atoms with Crippen LogP contribution in [-0.2, 0) is 0 Å². The maximum Gasteiger partial charge on any atom is 0.253 e. The number of nitrogens with one attached hydrogen (secondary N) is 1. The van der Waals surface area contributed by atoms with Crippen molar-refractivity contribution in [1.82, 2.24) is 10.2 Å². The Morgan fingerprint density at radius 1 is 1.37 bits per heavy atom. The van der Waals surface area contributed by atoms with Crippen molar-refractivity contribution in [3.8, 4) is 0 Å². The summed E-state index contributed by atoms with van der Waals surface area (Å²) in [5, 5.41) is 3.16.